The van der Waals surface area contributed by atoms with Gasteiger partial charge in [-0.2, -0.15) is 9.97 Å². The van der Waals surface area contributed by atoms with Gasteiger partial charge in [0.15, 0.2) is 5.84 Å². The Hall–Kier alpha value is -9.29. The molecule has 0 atom stereocenters. The van der Waals surface area contributed by atoms with E-state index in [4.69, 9.17) is 49.1 Å². The molecule has 0 radical (unpaired) electrons. The molecule has 0 aliphatic heterocycles. The predicted octanol–water partition coefficient (Wildman–Crippen LogP) is 10.9. The van der Waals surface area contributed by atoms with Gasteiger partial charge in [-0.1, -0.05) is 94.0 Å². The minimum absolute atomic E-state index is 0. The Balaban J connectivity index is 0.000000314. The zero-order valence-electron chi connectivity index (χ0n) is 50.1. The number of rotatable bonds is 27. The topological polar surface area (TPSA) is 321 Å². The summed E-state index contributed by atoms with van der Waals surface area (Å²) in [6.07, 6.45) is 14.2. The molecule has 0 saturated heterocycles. The van der Waals surface area contributed by atoms with E-state index in [-0.39, 0.29) is 47.3 Å². The standard InChI is InChI=1S/C22H24N2O4.C21H22N2O4.C13H20N2O2.C9H8O4.Li.H2O/c1-3-4-5-6-15-27-19-13-11-16(12-14-19)20-23-21(28-24-20)17-7-9-18(10-8-17)22(25)26-2;1-2-3-4-5-14-26-18-12-10-15(11-13-18)19-22-20(27-23-19)16-6-8-17(9-7-16)21(24)25;1-2-3-4-5-10-17-12-8-6-11(7-9-12)13(14)15-16;1-13-9(12)7-4-2-6(3-5-7)8(10)11;;/h7-14H,3-6,15H2,1-2H3;6-13H,2-5,14H2,1H3,(H,24,25);6-9,16H,2-5,10H2,1H3,(H2,14,15);2-5H,1H3,(H,10,11);;1H2/q;;;;+1;/p-1. The van der Waals surface area contributed by atoms with Crippen molar-refractivity contribution in [3.63, 3.8) is 0 Å². The summed E-state index contributed by atoms with van der Waals surface area (Å²) in [6, 6.07) is 41.1. The van der Waals surface area contributed by atoms with Crippen LogP contribution in [0.15, 0.2) is 160 Å². The molecular formula is C65H75LiN6O15. The van der Waals surface area contributed by atoms with Crippen LogP contribution in [0, 0.1) is 0 Å². The number of oxime groups is 1. The number of benzene rings is 6. The van der Waals surface area contributed by atoms with E-state index >= 15 is 0 Å². The van der Waals surface area contributed by atoms with E-state index in [0.29, 0.717) is 45.7 Å². The number of esters is 2. The Morgan fingerprint density at radius 2 is 0.724 bits per heavy atom. The Morgan fingerprint density at radius 1 is 0.437 bits per heavy atom. The van der Waals surface area contributed by atoms with Gasteiger partial charge >= 0.3 is 42.7 Å². The molecule has 6 N–H and O–H groups in total. The SMILES string of the molecule is CCCCCCOc1ccc(-c2noc(-c3ccc(C(=O)O)cc3)n2)cc1.CCCCCCOc1ccc(-c2noc(-c3ccc(C(=O)OC)cc3)n2)cc1.CCCCCCOc1ccc(/C(N)=N/O)cc1.COC(=O)c1ccc(C(=O)O)cc1.[Li+].[OH-]. The normalized spacial score (nSPS) is 10.4. The van der Waals surface area contributed by atoms with E-state index in [1.807, 2.05) is 60.7 Å². The van der Waals surface area contributed by atoms with Crippen LogP contribution in [0.2, 0.25) is 0 Å². The Morgan fingerprint density at radius 3 is 1.03 bits per heavy atom. The molecule has 8 rings (SSSR count). The number of ether oxygens (including phenoxy) is 5. The number of aromatic carboxylic acids is 2. The van der Waals surface area contributed by atoms with Crippen LogP contribution in [-0.4, -0.2) is 105 Å². The fourth-order valence-corrected chi connectivity index (χ4v) is 7.74. The van der Waals surface area contributed by atoms with Crippen molar-refractivity contribution in [1.82, 2.24) is 20.3 Å². The van der Waals surface area contributed by atoms with Crippen molar-refractivity contribution >= 4 is 29.7 Å². The van der Waals surface area contributed by atoms with Crippen molar-refractivity contribution in [2.45, 2.75) is 97.8 Å². The molecular weight excluding hydrogens is 1110 g/mol. The van der Waals surface area contributed by atoms with E-state index in [0.717, 1.165) is 73.0 Å². The van der Waals surface area contributed by atoms with Gasteiger partial charge in [0.1, 0.15) is 17.2 Å². The zero-order chi connectivity index (χ0) is 61.2. The third-order valence-electron chi connectivity index (χ3n) is 12.6. The maximum Gasteiger partial charge on any atom is 1.00 e. The summed E-state index contributed by atoms with van der Waals surface area (Å²) in [5.41, 5.74) is 10.4. The molecule has 2 heterocycles. The number of aromatic nitrogens is 4. The number of hydrogen-bond acceptors (Lipinski definition) is 18. The van der Waals surface area contributed by atoms with Crippen LogP contribution in [0.25, 0.3) is 45.7 Å². The molecule has 0 saturated carbocycles. The molecule has 22 heteroatoms. The van der Waals surface area contributed by atoms with Gasteiger partial charge in [-0.05, 0) is 165 Å². The second kappa shape index (κ2) is 40.1. The van der Waals surface area contributed by atoms with Crippen LogP contribution in [0.1, 0.15) is 145 Å². The molecule has 21 nitrogen and oxygen atoms in total. The predicted molar refractivity (Wildman–Crippen MR) is 323 cm³/mol. The number of carbonyl (C=O) groups excluding carboxylic acids is 2. The quantitative estimate of drug-likeness (QED) is 0.00707. The first kappa shape index (κ1) is 72.0. The van der Waals surface area contributed by atoms with Crippen molar-refractivity contribution in [3.8, 4) is 62.9 Å². The molecule has 0 unspecified atom stereocenters. The molecule has 456 valence electrons. The molecule has 0 bridgehead atoms. The number of nitrogens with zero attached hydrogens (tertiary/aromatic N) is 5. The van der Waals surface area contributed by atoms with E-state index in [2.05, 4.69) is 50.9 Å². The van der Waals surface area contributed by atoms with Crippen LogP contribution < -0.4 is 38.8 Å². The van der Waals surface area contributed by atoms with Crippen molar-refractivity contribution < 1.29 is 91.7 Å². The van der Waals surface area contributed by atoms with Crippen LogP contribution in [0.5, 0.6) is 17.2 Å². The van der Waals surface area contributed by atoms with E-state index < -0.39 is 17.9 Å². The summed E-state index contributed by atoms with van der Waals surface area (Å²) in [6.45, 7) is 8.76. The van der Waals surface area contributed by atoms with Gasteiger partial charge in [-0.15, -0.1) is 0 Å². The molecule has 8 aromatic rings. The summed E-state index contributed by atoms with van der Waals surface area (Å²) in [5.74, 6) is 1.45. The second-order valence-corrected chi connectivity index (χ2v) is 19.0. The van der Waals surface area contributed by atoms with E-state index in [1.54, 1.807) is 48.5 Å². The molecule has 0 amide bonds. The zero-order valence-corrected chi connectivity index (χ0v) is 50.1. The summed E-state index contributed by atoms with van der Waals surface area (Å²) < 4.78 is 36.9. The van der Waals surface area contributed by atoms with Crippen LogP contribution in [0.3, 0.4) is 0 Å². The van der Waals surface area contributed by atoms with Gasteiger partial charge in [-0.25, -0.2) is 19.2 Å². The van der Waals surface area contributed by atoms with Gasteiger partial charge in [0.25, 0.3) is 11.8 Å². The Bertz CT molecular complexity index is 3280. The fraction of sp³-hybridized carbons (Fsp3) is 0.308. The molecule has 0 aliphatic carbocycles. The maximum atomic E-state index is 11.5. The molecule has 0 fully saturated rings. The average molecular weight is 1190 g/mol. The first-order valence-electron chi connectivity index (χ1n) is 28.1. The van der Waals surface area contributed by atoms with Crippen molar-refractivity contribution in [1.29, 1.82) is 0 Å². The van der Waals surface area contributed by atoms with E-state index in [9.17, 15) is 19.2 Å². The van der Waals surface area contributed by atoms with Crippen LogP contribution in [0.4, 0.5) is 0 Å². The van der Waals surface area contributed by atoms with Crippen molar-refractivity contribution in [3.05, 3.63) is 173 Å². The third kappa shape index (κ3) is 24.7. The molecule has 2 aromatic heterocycles. The number of carboxylic acid groups (broad SMARTS) is 2. The first-order chi connectivity index (χ1) is 41.3. The fourth-order valence-electron chi connectivity index (χ4n) is 7.74. The number of methoxy groups -OCH3 is 2. The molecule has 0 aliphatic rings. The molecule has 6 aromatic carbocycles. The summed E-state index contributed by atoms with van der Waals surface area (Å²) >= 11 is 0. The number of hydrogen-bond donors (Lipinski definition) is 4. The minimum Gasteiger partial charge on any atom is -0.870 e. The van der Waals surface area contributed by atoms with E-state index in [1.165, 1.54) is 108 Å². The molecule has 0 spiro atoms. The van der Waals surface area contributed by atoms with Crippen LogP contribution in [-0.2, 0) is 9.47 Å². The average Bonchev–Trinajstić information content (AvgIpc) is 2.89. The minimum atomic E-state index is -1.02. The number of amidine groups is 1. The van der Waals surface area contributed by atoms with Crippen LogP contribution >= 0.6 is 0 Å². The third-order valence-corrected chi connectivity index (χ3v) is 12.6. The van der Waals surface area contributed by atoms with Gasteiger partial charge < -0.3 is 59.4 Å². The van der Waals surface area contributed by atoms with Crippen molar-refractivity contribution in [2.24, 2.45) is 10.9 Å². The molecule has 87 heavy (non-hydrogen) atoms. The summed E-state index contributed by atoms with van der Waals surface area (Å²) in [7, 11) is 2.62. The number of unbranched alkanes of at least 4 members (excludes halogenated alkanes) is 9. The Labute approximate surface area is 518 Å². The first-order valence-corrected chi connectivity index (χ1v) is 28.1. The number of nitrogens with two attached hydrogens (primary N) is 1. The maximum absolute atomic E-state index is 11.5. The largest absolute Gasteiger partial charge is 1.00 e. The monoisotopic (exact) mass is 1190 g/mol. The van der Waals surface area contributed by atoms with Gasteiger partial charge in [0, 0.05) is 27.8 Å². The van der Waals surface area contributed by atoms with Crippen molar-refractivity contribution in [2.75, 3.05) is 34.0 Å². The number of carboxylic acids is 2. The Kier molecular flexibility index (Phi) is 33.2. The van der Waals surface area contributed by atoms with Gasteiger partial charge in [0.2, 0.25) is 11.6 Å². The second-order valence-electron chi connectivity index (χ2n) is 19.0. The number of carbonyl (C=O) groups is 4. The van der Waals surface area contributed by atoms with Gasteiger partial charge in [0.05, 0.1) is 56.3 Å². The summed E-state index contributed by atoms with van der Waals surface area (Å²) in [4.78, 5) is 52.6. The smallest absolute Gasteiger partial charge is 0.870 e. The van der Waals surface area contributed by atoms with Gasteiger partial charge in [-0.3, -0.25) is 0 Å². The summed E-state index contributed by atoms with van der Waals surface area (Å²) in [5, 5.41) is 37.0.